The van der Waals surface area contributed by atoms with Crippen LogP contribution in [0, 0.1) is 5.92 Å². The largest absolute Gasteiger partial charge is 0.478 e. The molecule has 0 bridgehead atoms. The van der Waals surface area contributed by atoms with Gasteiger partial charge in [-0.2, -0.15) is 23.4 Å². The smallest absolute Gasteiger partial charge is 0.362 e. The van der Waals surface area contributed by atoms with Gasteiger partial charge < -0.3 is 32.0 Å². The fraction of sp³-hybridized carbons (Fsp3) is 0.545. The molecule has 1 aliphatic carbocycles. The van der Waals surface area contributed by atoms with Crippen LogP contribution in [0.25, 0.3) is 0 Å². The van der Waals surface area contributed by atoms with Crippen molar-refractivity contribution in [3.05, 3.63) is 23.0 Å². The molecule has 2 saturated heterocycles. The van der Waals surface area contributed by atoms with E-state index in [4.69, 9.17) is 22.0 Å². The zero-order chi connectivity index (χ0) is 31.1. The van der Waals surface area contributed by atoms with E-state index >= 15 is 0 Å². The van der Waals surface area contributed by atoms with E-state index in [2.05, 4.69) is 25.3 Å². The summed E-state index contributed by atoms with van der Waals surface area (Å²) >= 11 is 0.995. The number of amides is 1. The van der Waals surface area contributed by atoms with E-state index in [-0.39, 0.29) is 52.8 Å². The van der Waals surface area contributed by atoms with Gasteiger partial charge in [-0.15, -0.1) is 11.3 Å². The number of rotatable bonds is 12. The maximum atomic E-state index is 13.4. The Kier molecular flexibility index (Phi) is 8.07. The van der Waals surface area contributed by atoms with Crippen molar-refractivity contribution in [2.75, 3.05) is 18.8 Å². The first kappa shape index (κ1) is 30.3. The van der Waals surface area contributed by atoms with E-state index in [1.165, 1.54) is 11.6 Å². The number of anilines is 1. The number of carboxylic acid groups (broad SMARTS) is 1. The van der Waals surface area contributed by atoms with E-state index < -0.39 is 51.9 Å². The highest BCUT2D eigenvalue weighted by Crippen LogP contribution is 2.40. The monoisotopic (exact) mass is 639 g/mol. The molecule has 19 nitrogen and oxygen atoms in total. The highest BCUT2D eigenvalue weighted by molar-refractivity contribution is 7.84. The van der Waals surface area contributed by atoms with Gasteiger partial charge in [0.2, 0.25) is 11.5 Å². The van der Waals surface area contributed by atoms with Crippen molar-refractivity contribution in [2.24, 2.45) is 27.5 Å². The highest BCUT2D eigenvalue weighted by atomic mass is 32.2. The Morgan fingerprint density at radius 3 is 2.63 bits per heavy atom. The number of β-lactam (4-membered cyclic amide) rings is 1. The standard InChI is InChI=1S/C22H29N11O8S2/c23-11-1-4-31(8-11)20(24)26-6-12-7-27-32(29-12)9-15-13(18(35)33(15)43(38,39)40)5-16(34)17(14-10-42-21(25)28-14)30-41-22(2-3-22)19(36)37/h7,10-11,13,15H,1-6,8-9,23H2,(H2,24,26)(H2,25,28)(H,36,37)(H,38,39,40)/b30-17-/t11-,13-,15+/m0/s1. The van der Waals surface area contributed by atoms with Crippen LogP contribution in [0.15, 0.2) is 21.7 Å². The third kappa shape index (κ3) is 6.43. The van der Waals surface area contributed by atoms with Crippen molar-refractivity contribution in [1.82, 2.24) is 29.2 Å². The summed E-state index contributed by atoms with van der Waals surface area (Å²) in [6, 6.07) is -1.22. The number of aliphatic imine (C=N–C) groups is 1. The summed E-state index contributed by atoms with van der Waals surface area (Å²) in [5.74, 6) is -4.00. The molecule has 4 heterocycles. The van der Waals surface area contributed by atoms with Gasteiger partial charge in [0.15, 0.2) is 22.6 Å². The zero-order valence-electron chi connectivity index (χ0n) is 22.5. The van der Waals surface area contributed by atoms with Crippen molar-refractivity contribution in [3.8, 4) is 0 Å². The second kappa shape index (κ2) is 11.5. The van der Waals surface area contributed by atoms with Crippen molar-refractivity contribution in [1.29, 1.82) is 0 Å². The van der Waals surface area contributed by atoms with Crippen LogP contribution in [0.5, 0.6) is 0 Å². The Morgan fingerprint density at radius 1 is 1.30 bits per heavy atom. The van der Waals surface area contributed by atoms with Crippen molar-refractivity contribution in [2.45, 2.75) is 56.5 Å². The maximum absolute atomic E-state index is 13.4. The number of aromatic nitrogens is 4. The van der Waals surface area contributed by atoms with Gasteiger partial charge in [0.25, 0.3) is 0 Å². The first-order valence-corrected chi connectivity index (χ1v) is 15.3. The first-order valence-electron chi connectivity index (χ1n) is 13.0. The number of carbonyl (C=O) groups is 3. The Hall–Kier alpha value is -4.21. The minimum absolute atomic E-state index is 0.00206. The number of aliphatic carboxylic acids is 1. The van der Waals surface area contributed by atoms with Crippen LogP contribution >= 0.6 is 11.3 Å². The third-order valence-corrected chi connectivity index (χ3v) is 8.90. The lowest BCUT2D eigenvalue weighted by Gasteiger charge is -2.43. The van der Waals surface area contributed by atoms with Crippen LogP contribution in [-0.2, 0) is 42.6 Å². The summed E-state index contributed by atoms with van der Waals surface area (Å²) in [5, 5.41) is 23.0. The molecule has 0 radical (unpaired) electrons. The molecule has 3 atom stereocenters. The Bertz CT molecular complexity index is 1600. The van der Waals surface area contributed by atoms with Crippen LogP contribution in [0.3, 0.4) is 0 Å². The zero-order valence-corrected chi connectivity index (χ0v) is 24.1. The quantitative estimate of drug-likeness (QED) is 0.0541. The number of guanidine groups is 1. The number of hydrogen-bond donors (Lipinski definition) is 5. The van der Waals surface area contributed by atoms with E-state index in [1.54, 1.807) is 0 Å². The molecule has 5 rings (SSSR count). The van der Waals surface area contributed by atoms with Gasteiger partial charge >= 0.3 is 16.3 Å². The number of Topliss-reactive ketones (excluding diaryl/α,β-unsaturated/α-hetero) is 1. The van der Waals surface area contributed by atoms with Gasteiger partial charge in [0.1, 0.15) is 11.4 Å². The molecule has 2 aliphatic heterocycles. The number of carboxylic acids is 1. The number of likely N-dealkylation sites (tertiary alicyclic amines) is 1. The number of oxime groups is 1. The number of carbonyl (C=O) groups excluding carboxylic acids is 2. The summed E-state index contributed by atoms with van der Waals surface area (Å²) in [5.41, 5.74) is 16.0. The van der Waals surface area contributed by atoms with E-state index in [0.29, 0.717) is 24.7 Å². The molecule has 8 N–H and O–H groups in total. The molecule has 0 unspecified atom stereocenters. The van der Waals surface area contributed by atoms with Gasteiger partial charge in [-0.05, 0) is 6.42 Å². The average Bonchev–Trinajstić information content (AvgIpc) is 3.21. The SMILES string of the molecule is NC(=NCc1cnn(C[C@@H]2[C@H](CC(=O)/C(=N\OC3(C(=O)O)CC3)c3csc(N)n3)C(=O)N2S(=O)(=O)O)n1)N1CC[C@H](N)C1. The lowest BCUT2D eigenvalue weighted by Crippen LogP contribution is -2.64. The Morgan fingerprint density at radius 2 is 2.05 bits per heavy atom. The molecule has 43 heavy (non-hydrogen) atoms. The van der Waals surface area contributed by atoms with Gasteiger partial charge in [0.05, 0.1) is 31.2 Å². The third-order valence-electron chi connectivity index (χ3n) is 7.27. The van der Waals surface area contributed by atoms with E-state index in [0.717, 1.165) is 22.6 Å². The predicted octanol–water partition coefficient (Wildman–Crippen LogP) is -2.21. The first-order chi connectivity index (χ1) is 20.3. The van der Waals surface area contributed by atoms with E-state index in [9.17, 15) is 32.5 Å². The molecule has 1 saturated carbocycles. The van der Waals surface area contributed by atoms with Crippen LogP contribution < -0.4 is 17.2 Å². The minimum Gasteiger partial charge on any atom is -0.478 e. The fourth-order valence-corrected chi connectivity index (χ4v) is 6.19. The normalized spacial score (nSPS) is 23.8. The topological polar surface area (TPSA) is 288 Å². The lowest BCUT2D eigenvalue weighted by atomic mass is 9.84. The number of thiazole rings is 1. The average molecular weight is 640 g/mol. The number of hydrogen-bond acceptors (Lipinski definition) is 14. The molecular formula is C22H29N11O8S2. The maximum Gasteiger partial charge on any atom is 0.362 e. The highest BCUT2D eigenvalue weighted by Gasteiger charge is 2.56. The summed E-state index contributed by atoms with van der Waals surface area (Å²) < 4.78 is 33.9. The van der Waals surface area contributed by atoms with Gasteiger partial charge in [0, 0.05) is 43.8 Å². The predicted molar refractivity (Wildman–Crippen MR) is 149 cm³/mol. The minimum atomic E-state index is -4.98. The summed E-state index contributed by atoms with van der Waals surface area (Å²) in [4.78, 5) is 54.1. The molecule has 1 amide bonds. The number of nitrogens with two attached hydrogens (primary N) is 3. The number of nitrogen functional groups attached to an aromatic ring is 1. The molecule has 2 aromatic heterocycles. The molecule has 21 heteroatoms. The van der Waals surface area contributed by atoms with Crippen molar-refractivity contribution >= 4 is 56.1 Å². The van der Waals surface area contributed by atoms with Crippen molar-refractivity contribution in [3.63, 3.8) is 0 Å². The van der Waals surface area contributed by atoms with Gasteiger partial charge in [-0.25, -0.2) is 19.1 Å². The van der Waals surface area contributed by atoms with Crippen molar-refractivity contribution < 1.29 is 37.3 Å². The van der Waals surface area contributed by atoms with Crippen LogP contribution in [0.1, 0.15) is 37.1 Å². The molecule has 2 aromatic rings. The van der Waals surface area contributed by atoms with Gasteiger partial charge in [-0.3, -0.25) is 14.1 Å². The van der Waals surface area contributed by atoms with Crippen LogP contribution in [0.4, 0.5) is 5.13 Å². The molecule has 0 spiro atoms. The Labute approximate surface area is 248 Å². The Balaban J connectivity index is 1.31. The second-order valence-electron chi connectivity index (χ2n) is 10.4. The molecule has 3 fully saturated rings. The van der Waals surface area contributed by atoms with Gasteiger partial charge in [-0.1, -0.05) is 5.16 Å². The summed E-state index contributed by atoms with van der Waals surface area (Å²) in [6.07, 6.45) is 1.98. The number of ketones is 1. The molecule has 232 valence electrons. The summed E-state index contributed by atoms with van der Waals surface area (Å²) in [6.45, 7) is 1.04. The molecular weight excluding hydrogens is 610 g/mol. The number of nitrogens with zero attached hydrogens (tertiary/aromatic N) is 8. The fourth-order valence-electron chi connectivity index (χ4n) is 4.72. The summed E-state index contributed by atoms with van der Waals surface area (Å²) in [7, 11) is -4.98. The second-order valence-corrected chi connectivity index (χ2v) is 12.6. The van der Waals surface area contributed by atoms with Crippen LogP contribution in [-0.4, -0.2) is 107 Å². The van der Waals surface area contributed by atoms with E-state index in [1.807, 2.05) is 4.90 Å². The lowest BCUT2D eigenvalue weighted by molar-refractivity contribution is -0.153. The molecule has 3 aliphatic rings. The van der Waals surface area contributed by atoms with Crippen LogP contribution in [0.2, 0.25) is 0 Å². The molecule has 0 aromatic carbocycles.